The third-order valence-electron chi connectivity index (χ3n) is 0.178. The topological polar surface area (TPSA) is 0 Å². The summed E-state index contributed by atoms with van der Waals surface area (Å²) in [7, 11) is 0. The molecule has 0 aromatic carbocycles. The molecule has 0 saturated heterocycles. The molecule has 0 nitrogen and oxygen atoms in total. The van der Waals surface area contributed by atoms with E-state index in [0.717, 1.165) is 4.43 Å². The first kappa shape index (κ1) is 5.95. The van der Waals surface area contributed by atoms with Crippen LogP contribution in [0.2, 0.25) is 0 Å². The van der Waals surface area contributed by atoms with Gasteiger partial charge >= 0.3 is 0 Å². The molecule has 0 aromatic rings. The normalized spacial score (nSPS) is 10.0. The van der Waals surface area contributed by atoms with Crippen molar-refractivity contribution in [2.75, 3.05) is 4.43 Å². The maximum atomic E-state index is 3.12. The largest absolute Gasteiger partial charge is 0.0818 e. The third kappa shape index (κ3) is 4.95. The number of hydrogen-bond donors (Lipinski definition) is 0. The summed E-state index contributed by atoms with van der Waals surface area (Å²) in [6.07, 6.45) is 2.03. The van der Waals surface area contributed by atoms with Crippen LogP contribution in [0, 0.1) is 0 Å². The van der Waals surface area contributed by atoms with Gasteiger partial charge in [0, 0.05) is 4.43 Å². The Labute approximate surface area is 53.9 Å². The van der Waals surface area contributed by atoms with E-state index in [9.17, 15) is 0 Å². The highest BCUT2D eigenvalue weighted by atomic mass is 127. The second kappa shape index (κ2) is 4.95. The number of rotatable bonds is 1. The summed E-state index contributed by atoms with van der Waals surface area (Å²) in [6, 6.07) is 0. The molecule has 0 fully saturated rings. The van der Waals surface area contributed by atoms with Crippen molar-refractivity contribution in [3.05, 3.63) is 11.1 Å². The van der Waals surface area contributed by atoms with Gasteiger partial charge in [0.1, 0.15) is 0 Å². The molecule has 2 heteroatoms. The van der Waals surface area contributed by atoms with Crippen LogP contribution in [-0.4, -0.2) is 4.43 Å². The van der Waals surface area contributed by atoms with Crippen LogP contribution in [0.15, 0.2) is 11.1 Å². The van der Waals surface area contributed by atoms with Gasteiger partial charge in [-0.1, -0.05) is 44.6 Å². The van der Waals surface area contributed by atoms with Gasteiger partial charge in [0.05, 0.1) is 0 Å². The fraction of sp³-hybridized carbons (Fsp3) is 0.333. The van der Waals surface area contributed by atoms with Crippen LogP contribution in [0.5, 0.6) is 0 Å². The van der Waals surface area contributed by atoms with Crippen molar-refractivity contribution >= 4 is 38.5 Å². The highest BCUT2D eigenvalue weighted by Gasteiger charge is 1.55. The number of alkyl halides is 1. The first-order chi connectivity index (χ1) is 2.41. The predicted octanol–water partition coefficient (Wildman–Crippen LogP) is 2.33. The smallest absolute Gasteiger partial charge is 0.0184 e. The predicted molar refractivity (Wildman–Crippen MR) is 37.0 cm³/mol. The monoisotopic (exact) mass is 246 g/mol. The minimum Gasteiger partial charge on any atom is -0.0818 e. The second-order valence-corrected chi connectivity index (χ2v) is 1.93. The zero-order valence-electron chi connectivity index (χ0n) is 2.62. The highest BCUT2D eigenvalue weighted by Crippen LogP contribution is 1.85. The molecule has 0 aliphatic carbocycles. The molecule has 0 aliphatic rings. The molecule has 30 valence electrons. The lowest BCUT2D eigenvalue weighted by atomic mass is 10.8. The molecule has 0 rings (SSSR count). The lowest BCUT2D eigenvalue weighted by Gasteiger charge is -1.61. The molecule has 0 saturated carbocycles. The molecule has 0 aromatic heterocycles. The summed E-state index contributed by atoms with van der Waals surface area (Å²) < 4.78 is 1.09. The van der Waals surface area contributed by atoms with Gasteiger partial charge in [-0.05, 0) is 4.99 Å². The van der Waals surface area contributed by atoms with Gasteiger partial charge in [-0.2, -0.15) is 0 Å². The van der Waals surface area contributed by atoms with E-state index in [4.69, 9.17) is 0 Å². The van der Waals surface area contributed by atoms with Crippen molar-refractivity contribution in [2.45, 2.75) is 0 Å². The SMILES string of the molecule is Br/C=C\CI. The minimum absolute atomic E-state index is 1.09. The zero-order chi connectivity index (χ0) is 4.12. The fourth-order valence-corrected chi connectivity index (χ4v) is 1.17. The quantitative estimate of drug-likeness (QED) is 0.492. The Morgan fingerprint density at radius 1 is 1.80 bits per heavy atom. The van der Waals surface area contributed by atoms with Crippen molar-refractivity contribution in [3.8, 4) is 0 Å². The van der Waals surface area contributed by atoms with E-state index in [2.05, 4.69) is 38.5 Å². The van der Waals surface area contributed by atoms with Crippen molar-refractivity contribution in [2.24, 2.45) is 0 Å². The average molecular weight is 247 g/mol. The standard InChI is InChI=1S/C3H4BrI/c4-2-1-3-5/h1-2H,3H2/b2-1-. The van der Waals surface area contributed by atoms with Gasteiger partial charge in [0.25, 0.3) is 0 Å². The van der Waals surface area contributed by atoms with Crippen LogP contribution in [-0.2, 0) is 0 Å². The number of hydrogen-bond acceptors (Lipinski definition) is 0. The van der Waals surface area contributed by atoms with E-state index < -0.39 is 0 Å². The maximum Gasteiger partial charge on any atom is 0.0184 e. The Hall–Kier alpha value is 0.950. The molecule has 0 amide bonds. The first-order valence-electron chi connectivity index (χ1n) is 1.23. The Bertz CT molecular complexity index is 33.9. The number of halogens is 2. The zero-order valence-corrected chi connectivity index (χ0v) is 6.36. The van der Waals surface area contributed by atoms with Gasteiger partial charge in [-0.15, -0.1) is 0 Å². The maximum absolute atomic E-state index is 3.12. The average Bonchev–Trinajstić information content (AvgIpc) is 1.41. The molecule has 0 spiro atoms. The molecule has 0 radical (unpaired) electrons. The first-order valence-corrected chi connectivity index (χ1v) is 3.67. The third-order valence-corrected chi connectivity index (χ3v) is 1.06. The summed E-state index contributed by atoms with van der Waals surface area (Å²) in [6.45, 7) is 0. The van der Waals surface area contributed by atoms with Crippen LogP contribution < -0.4 is 0 Å². The fourth-order valence-electron chi connectivity index (χ4n) is 0.0337. The Kier molecular flexibility index (Phi) is 5.89. The molecule has 0 heterocycles. The van der Waals surface area contributed by atoms with E-state index in [0.29, 0.717) is 0 Å². The van der Waals surface area contributed by atoms with Crippen LogP contribution in [0.1, 0.15) is 0 Å². The van der Waals surface area contributed by atoms with E-state index in [1.54, 1.807) is 0 Å². The Morgan fingerprint density at radius 3 is 2.40 bits per heavy atom. The van der Waals surface area contributed by atoms with Crippen molar-refractivity contribution in [3.63, 3.8) is 0 Å². The van der Waals surface area contributed by atoms with Crippen LogP contribution >= 0.6 is 38.5 Å². The van der Waals surface area contributed by atoms with Crippen molar-refractivity contribution < 1.29 is 0 Å². The summed E-state index contributed by atoms with van der Waals surface area (Å²) in [4.78, 5) is 1.86. The highest BCUT2D eigenvalue weighted by molar-refractivity contribution is 14.1. The van der Waals surface area contributed by atoms with Gasteiger partial charge < -0.3 is 0 Å². The summed E-state index contributed by atoms with van der Waals surface area (Å²) in [5.74, 6) is 0. The molecule has 0 unspecified atom stereocenters. The lowest BCUT2D eigenvalue weighted by molar-refractivity contribution is 1.89. The summed E-state index contributed by atoms with van der Waals surface area (Å²) in [5, 5.41) is 0. The lowest BCUT2D eigenvalue weighted by Crippen LogP contribution is -1.46. The van der Waals surface area contributed by atoms with E-state index in [1.165, 1.54) is 0 Å². The van der Waals surface area contributed by atoms with Gasteiger partial charge in [0.15, 0.2) is 0 Å². The van der Waals surface area contributed by atoms with Crippen LogP contribution in [0.4, 0.5) is 0 Å². The van der Waals surface area contributed by atoms with E-state index in [1.807, 2.05) is 11.1 Å². The van der Waals surface area contributed by atoms with Crippen molar-refractivity contribution in [1.29, 1.82) is 0 Å². The van der Waals surface area contributed by atoms with Crippen molar-refractivity contribution in [1.82, 2.24) is 0 Å². The van der Waals surface area contributed by atoms with Gasteiger partial charge in [0.2, 0.25) is 0 Å². The molecule has 0 bridgehead atoms. The Balaban J connectivity index is 2.62. The van der Waals surface area contributed by atoms with Gasteiger partial charge in [-0.3, -0.25) is 0 Å². The molecular weight excluding hydrogens is 243 g/mol. The molecule has 0 atom stereocenters. The van der Waals surface area contributed by atoms with E-state index >= 15 is 0 Å². The van der Waals surface area contributed by atoms with E-state index in [-0.39, 0.29) is 0 Å². The molecular formula is C3H4BrI. The van der Waals surface area contributed by atoms with Gasteiger partial charge in [-0.25, -0.2) is 0 Å². The molecule has 0 aliphatic heterocycles. The van der Waals surface area contributed by atoms with Crippen LogP contribution in [0.25, 0.3) is 0 Å². The van der Waals surface area contributed by atoms with Crippen LogP contribution in [0.3, 0.4) is 0 Å². The summed E-state index contributed by atoms with van der Waals surface area (Å²) in [5.41, 5.74) is 0. The Morgan fingerprint density at radius 2 is 2.40 bits per heavy atom. The minimum atomic E-state index is 1.09. The number of allylic oxidation sites excluding steroid dienone is 1. The molecule has 5 heavy (non-hydrogen) atoms. The summed E-state index contributed by atoms with van der Waals surface area (Å²) >= 11 is 5.39. The second-order valence-electron chi connectivity index (χ2n) is 0.516. The molecule has 0 N–H and O–H groups in total.